The van der Waals surface area contributed by atoms with Gasteiger partial charge in [-0.3, -0.25) is 9.69 Å². The number of nitrogens with one attached hydrogen (secondary N) is 1. The van der Waals surface area contributed by atoms with Gasteiger partial charge in [0.25, 0.3) is 0 Å². The molecule has 0 saturated carbocycles. The number of halogens is 2. The molecule has 7 heteroatoms. The normalized spacial score (nSPS) is 16.7. The fourth-order valence-corrected chi connectivity index (χ4v) is 4.10. The fraction of sp³-hybridized carbons (Fsp3) is 0.417. The van der Waals surface area contributed by atoms with E-state index < -0.39 is 0 Å². The van der Waals surface area contributed by atoms with Gasteiger partial charge in [-0.05, 0) is 67.8 Å². The van der Waals surface area contributed by atoms with Crippen LogP contribution in [0.3, 0.4) is 0 Å². The van der Waals surface area contributed by atoms with Gasteiger partial charge < -0.3 is 10.1 Å². The molecule has 0 radical (unpaired) electrons. The topological polar surface area (TPSA) is 58.6 Å². The highest BCUT2D eigenvalue weighted by Crippen LogP contribution is 2.25. The molecule has 2 aromatic rings. The van der Waals surface area contributed by atoms with Crippen molar-refractivity contribution in [2.24, 2.45) is 5.92 Å². The summed E-state index contributed by atoms with van der Waals surface area (Å²) in [6.45, 7) is 4.76. The molecule has 1 heterocycles. The lowest BCUT2D eigenvalue weighted by molar-refractivity contribution is -0.121. The van der Waals surface area contributed by atoms with E-state index in [0.29, 0.717) is 41.0 Å². The van der Waals surface area contributed by atoms with Crippen molar-refractivity contribution in [1.82, 2.24) is 4.90 Å². The number of carbonyl (C=O) groups excluding carboxylic acids is 2. The average molecular weight is 463 g/mol. The average Bonchev–Trinajstić information content (AvgIpc) is 2.76. The third-order valence-corrected chi connectivity index (χ3v) is 5.99. The van der Waals surface area contributed by atoms with Gasteiger partial charge in [-0.15, -0.1) is 0 Å². The van der Waals surface area contributed by atoms with Gasteiger partial charge in [-0.25, -0.2) is 4.79 Å². The van der Waals surface area contributed by atoms with Crippen LogP contribution in [0, 0.1) is 5.92 Å². The number of hydrogen-bond donors (Lipinski definition) is 1. The van der Waals surface area contributed by atoms with E-state index in [-0.39, 0.29) is 17.8 Å². The van der Waals surface area contributed by atoms with Gasteiger partial charge in [0, 0.05) is 28.8 Å². The van der Waals surface area contributed by atoms with E-state index >= 15 is 0 Å². The van der Waals surface area contributed by atoms with Crippen LogP contribution in [0.2, 0.25) is 10.0 Å². The maximum absolute atomic E-state index is 12.8. The summed E-state index contributed by atoms with van der Waals surface area (Å²) in [6, 6.07) is 12.4. The van der Waals surface area contributed by atoms with Gasteiger partial charge in [-0.1, -0.05) is 42.6 Å². The summed E-state index contributed by atoms with van der Waals surface area (Å²) in [5.41, 5.74) is 2.17. The fourth-order valence-electron chi connectivity index (χ4n) is 3.63. The van der Waals surface area contributed by atoms with Crippen LogP contribution in [0.4, 0.5) is 5.69 Å². The van der Waals surface area contributed by atoms with Crippen LogP contribution in [-0.4, -0.2) is 36.5 Å². The predicted molar refractivity (Wildman–Crippen MR) is 125 cm³/mol. The lowest BCUT2D eigenvalue weighted by Gasteiger charge is -2.32. The van der Waals surface area contributed by atoms with E-state index in [1.807, 2.05) is 19.1 Å². The number of carbonyl (C=O) groups is 2. The molecule has 0 unspecified atom stereocenters. The van der Waals surface area contributed by atoms with Crippen LogP contribution >= 0.6 is 23.2 Å². The van der Waals surface area contributed by atoms with Crippen molar-refractivity contribution in [2.75, 3.05) is 25.0 Å². The summed E-state index contributed by atoms with van der Waals surface area (Å²) in [7, 11) is 0. The summed E-state index contributed by atoms with van der Waals surface area (Å²) in [4.78, 5) is 27.0. The largest absolute Gasteiger partial charge is 0.462 e. The molecular weight excluding hydrogens is 435 g/mol. The minimum Gasteiger partial charge on any atom is -0.462 e. The number of ether oxygens (including phenoxy) is 1. The van der Waals surface area contributed by atoms with Crippen LogP contribution < -0.4 is 5.32 Å². The smallest absolute Gasteiger partial charge is 0.338 e. The standard InChI is InChI=1S/C24H28Cl2N2O3/c1-2-3-13-31-24(30)17-7-10-21(11-8-17)27-23(29)19-5-4-12-28(16-19)15-18-6-9-20(25)14-22(18)26/h6-11,14,19H,2-5,12-13,15-16H2,1H3,(H,27,29)/t19-/m0/s1. The van der Waals surface area contributed by atoms with Crippen molar-refractivity contribution in [3.05, 3.63) is 63.6 Å². The Hall–Kier alpha value is -2.08. The lowest BCUT2D eigenvalue weighted by atomic mass is 9.96. The number of piperidine rings is 1. The van der Waals surface area contributed by atoms with Crippen molar-refractivity contribution >= 4 is 40.8 Å². The molecular formula is C24H28Cl2N2O3. The van der Waals surface area contributed by atoms with E-state index in [4.69, 9.17) is 27.9 Å². The van der Waals surface area contributed by atoms with E-state index in [2.05, 4.69) is 10.2 Å². The number of hydrogen-bond acceptors (Lipinski definition) is 4. The van der Waals surface area contributed by atoms with Crippen molar-refractivity contribution in [3.63, 3.8) is 0 Å². The zero-order chi connectivity index (χ0) is 22.2. The summed E-state index contributed by atoms with van der Waals surface area (Å²) >= 11 is 12.3. The molecule has 0 aromatic heterocycles. The molecule has 0 bridgehead atoms. The predicted octanol–water partition coefficient (Wildman–Crippen LogP) is 5.80. The number of rotatable bonds is 8. The first-order valence-electron chi connectivity index (χ1n) is 10.7. The number of esters is 1. The van der Waals surface area contributed by atoms with Crippen molar-refractivity contribution < 1.29 is 14.3 Å². The molecule has 1 N–H and O–H groups in total. The Bertz CT molecular complexity index is 902. The van der Waals surface area contributed by atoms with E-state index in [0.717, 1.165) is 37.8 Å². The van der Waals surface area contributed by atoms with Crippen molar-refractivity contribution in [2.45, 2.75) is 39.2 Å². The number of benzene rings is 2. The Morgan fingerprint density at radius 2 is 1.94 bits per heavy atom. The molecule has 0 spiro atoms. The third-order valence-electron chi connectivity index (χ3n) is 5.40. The molecule has 3 rings (SSSR count). The molecule has 1 atom stereocenters. The highest BCUT2D eigenvalue weighted by Gasteiger charge is 2.26. The first-order chi connectivity index (χ1) is 15.0. The second-order valence-corrected chi connectivity index (χ2v) is 8.71. The Balaban J connectivity index is 1.53. The molecule has 1 saturated heterocycles. The summed E-state index contributed by atoms with van der Waals surface area (Å²) in [5.74, 6) is -0.446. The monoisotopic (exact) mass is 462 g/mol. The molecule has 2 aromatic carbocycles. The second-order valence-electron chi connectivity index (χ2n) is 7.87. The molecule has 5 nitrogen and oxygen atoms in total. The van der Waals surface area contributed by atoms with E-state index in [9.17, 15) is 9.59 Å². The Labute approximate surface area is 193 Å². The number of amides is 1. The third kappa shape index (κ3) is 6.96. The van der Waals surface area contributed by atoms with Crippen LogP contribution in [0.15, 0.2) is 42.5 Å². The van der Waals surface area contributed by atoms with Crippen LogP contribution in [0.1, 0.15) is 48.5 Å². The van der Waals surface area contributed by atoms with Gasteiger partial charge >= 0.3 is 5.97 Å². The molecule has 31 heavy (non-hydrogen) atoms. The number of nitrogens with zero attached hydrogens (tertiary/aromatic N) is 1. The van der Waals surface area contributed by atoms with Crippen LogP contribution in [-0.2, 0) is 16.1 Å². The first kappa shape index (κ1) is 23.6. The van der Waals surface area contributed by atoms with E-state index in [1.165, 1.54) is 0 Å². The van der Waals surface area contributed by atoms with Gasteiger partial charge in [-0.2, -0.15) is 0 Å². The van der Waals surface area contributed by atoms with Gasteiger partial charge in [0.15, 0.2) is 0 Å². The molecule has 166 valence electrons. The molecule has 1 fully saturated rings. The maximum atomic E-state index is 12.8. The Kier molecular flexibility index (Phi) is 8.76. The SMILES string of the molecule is CCCCOC(=O)c1ccc(NC(=O)[C@H]2CCCN(Cc3ccc(Cl)cc3Cl)C2)cc1. The van der Waals surface area contributed by atoms with Crippen LogP contribution in [0.25, 0.3) is 0 Å². The summed E-state index contributed by atoms with van der Waals surface area (Å²) < 4.78 is 5.21. The van der Waals surface area contributed by atoms with Gasteiger partial charge in [0.05, 0.1) is 18.1 Å². The highest BCUT2D eigenvalue weighted by atomic mass is 35.5. The molecule has 1 aliphatic heterocycles. The number of anilines is 1. The zero-order valence-corrected chi connectivity index (χ0v) is 19.2. The minimum absolute atomic E-state index is 0.00910. The minimum atomic E-state index is -0.338. The Morgan fingerprint density at radius 3 is 2.65 bits per heavy atom. The summed E-state index contributed by atoms with van der Waals surface area (Å²) in [6.07, 6.45) is 3.62. The quantitative estimate of drug-likeness (QED) is 0.397. The highest BCUT2D eigenvalue weighted by molar-refractivity contribution is 6.35. The number of likely N-dealkylation sites (tertiary alicyclic amines) is 1. The number of unbranched alkanes of at least 4 members (excludes halogenated alkanes) is 1. The van der Waals surface area contributed by atoms with Crippen LogP contribution in [0.5, 0.6) is 0 Å². The first-order valence-corrected chi connectivity index (χ1v) is 11.5. The van der Waals surface area contributed by atoms with Gasteiger partial charge in [0.1, 0.15) is 0 Å². The van der Waals surface area contributed by atoms with E-state index in [1.54, 1.807) is 30.3 Å². The molecule has 1 amide bonds. The maximum Gasteiger partial charge on any atom is 0.338 e. The summed E-state index contributed by atoms with van der Waals surface area (Å²) in [5, 5.41) is 4.23. The zero-order valence-electron chi connectivity index (χ0n) is 17.7. The van der Waals surface area contributed by atoms with Crippen molar-refractivity contribution in [1.29, 1.82) is 0 Å². The van der Waals surface area contributed by atoms with Crippen molar-refractivity contribution in [3.8, 4) is 0 Å². The van der Waals surface area contributed by atoms with Gasteiger partial charge in [0.2, 0.25) is 5.91 Å². The Morgan fingerprint density at radius 1 is 1.16 bits per heavy atom. The second kappa shape index (κ2) is 11.5. The molecule has 0 aliphatic carbocycles. The lowest BCUT2D eigenvalue weighted by Crippen LogP contribution is -2.40. The molecule has 1 aliphatic rings.